The molecule has 1 aromatic carbocycles. The Morgan fingerprint density at radius 1 is 1.27 bits per heavy atom. The molecule has 2 N–H and O–H groups in total. The van der Waals surface area contributed by atoms with Gasteiger partial charge in [0.2, 0.25) is 0 Å². The van der Waals surface area contributed by atoms with Gasteiger partial charge < -0.3 is 0 Å². The molecule has 2 nitrogen and oxygen atoms in total. The number of nitrogens with two attached hydrogens (primary N) is 1. The molecule has 0 saturated carbocycles. The standard InChI is InChI=1S/C8H11NOS/c1-6-3-4-8(11(9)10)5-7(6)2/h3-5H,9H2,1-2H3. The Hall–Kier alpha value is -0.670. The summed E-state index contributed by atoms with van der Waals surface area (Å²) < 4.78 is 10.8. The summed E-state index contributed by atoms with van der Waals surface area (Å²) in [4.78, 5) is 0.688. The van der Waals surface area contributed by atoms with E-state index in [1.807, 2.05) is 26.0 Å². The molecule has 1 aromatic rings. The Bertz CT molecular complexity index is 296. The third kappa shape index (κ3) is 1.88. The molecule has 3 heteroatoms. The minimum Gasteiger partial charge on any atom is -0.248 e. The molecule has 0 saturated heterocycles. The fourth-order valence-electron chi connectivity index (χ4n) is 0.839. The highest BCUT2D eigenvalue weighted by atomic mass is 32.2. The Kier molecular flexibility index (Phi) is 2.42. The van der Waals surface area contributed by atoms with Crippen LogP contribution in [-0.2, 0) is 11.0 Å². The first-order valence-corrected chi connectivity index (χ1v) is 4.56. The van der Waals surface area contributed by atoms with Gasteiger partial charge in [-0.15, -0.1) is 0 Å². The van der Waals surface area contributed by atoms with E-state index in [0.717, 1.165) is 5.56 Å². The van der Waals surface area contributed by atoms with E-state index in [1.54, 1.807) is 6.07 Å². The first-order chi connectivity index (χ1) is 5.11. The lowest BCUT2D eigenvalue weighted by Gasteiger charge is -2.00. The lowest BCUT2D eigenvalue weighted by molar-refractivity contribution is 0.684. The molecule has 0 aliphatic rings. The van der Waals surface area contributed by atoms with Crippen LogP contribution in [0.25, 0.3) is 0 Å². The number of hydrogen-bond donors (Lipinski definition) is 1. The van der Waals surface area contributed by atoms with Crippen LogP contribution in [0.15, 0.2) is 23.1 Å². The first kappa shape index (κ1) is 8.43. The normalized spacial score (nSPS) is 13.0. The molecule has 0 fully saturated rings. The van der Waals surface area contributed by atoms with Gasteiger partial charge in [-0.05, 0) is 37.1 Å². The summed E-state index contributed by atoms with van der Waals surface area (Å²) >= 11 is 0. The minimum absolute atomic E-state index is 0.688. The highest BCUT2D eigenvalue weighted by Gasteiger charge is 1.98. The summed E-state index contributed by atoms with van der Waals surface area (Å²) in [5, 5.41) is 5.20. The van der Waals surface area contributed by atoms with E-state index < -0.39 is 11.0 Å². The monoisotopic (exact) mass is 169 g/mol. The molecule has 0 radical (unpaired) electrons. The lowest BCUT2D eigenvalue weighted by Crippen LogP contribution is -2.02. The van der Waals surface area contributed by atoms with Crippen molar-refractivity contribution in [2.75, 3.05) is 0 Å². The van der Waals surface area contributed by atoms with Crippen LogP contribution in [0, 0.1) is 13.8 Å². The number of aryl methyl sites for hydroxylation is 2. The zero-order chi connectivity index (χ0) is 8.43. The molecule has 1 rings (SSSR count). The van der Waals surface area contributed by atoms with Gasteiger partial charge >= 0.3 is 0 Å². The maximum absolute atomic E-state index is 10.8. The Morgan fingerprint density at radius 3 is 2.36 bits per heavy atom. The molecule has 0 bridgehead atoms. The summed E-state index contributed by atoms with van der Waals surface area (Å²) in [6, 6.07) is 5.57. The number of benzene rings is 1. The maximum Gasteiger partial charge on any atom is 0.122 e. The van der Waals surface area contributed by atoms with Crippen molar-refractivity contribution in [2.45, 2.75) is 18.7 Å². The van der Waals surface area contributed by atoms with Crippen molar-refractivity contribution in [1.82, 2.24) is 0 Å². The van der Waals surface area contributed by atoms with Crippen molar-refractivity contribution in [3.63, 3.8) is 0 Å². The Morgan fingerprint density at radius 2 is 1.91 bits per heavy atom. The summed E-state index contributed by atoms with van der Waals surface area (Å²) in [6.45, 7) is 3.99. The van der Waals surface area contributed by atoms with Crippen LogP contribution in [0.5, 0.6) is 0 Å². The fraction of sp³-hybridized carbons (Fsp3) is 0.250. The molecule has 0 aromatic heterocycles. The van der Waals surface area contributed by atoms with E-state index in [1.165, 1.54) is 5.56 Å². The van der Waals surface area contributed by atoms with Crippen molar-refractivity contribution in [3.05, 3.63) is 29.3 Å². The van der Waals surface area contributed by atoms with Gasteiger partial charge in [0.05, 0.1) is 4.90 Å². The third-order valence-electron chi connectivity index (χ3n) is 1.71. The van der Waals surface area contributed by atoms with Crippen LogP contribution >= 0.6 is 0 Å². The molecular weight excluding hydrogens is 158 g/mol. The summed E-state index contributed by atoms with van der Waals surface area (Å²) in [5.74, 6) is 0. The van der Waals surface area contributed by atoms with E-state index >= 15 is 0 Å². The van der Waals surface area contributed by atoms with Crippen molar-refractivity contribution in [2.24, 2.45) is 5.14 Å². The van der Waals surface area contributed by atoms with Gasteiger partial charge in [-0.25, -0.2) is 9.35 Å². The predicted octanol–water partition coefficient (Wildman–Crippen LogP) is 1.28. The van der Waals surface area contributed by atoms with Crippen LogP contribution in [0.1, 0.15) is 11.1 Å². The van der Waals surface area contributed by atoms with Crippen LogP contribution < -0.4 is 5.14 Å². The molecular formula is C8H11NOS. The van der Waals surface area contributed by atoms with Crippen molar-refractivity contribution < 1.29 is 4.21 Å². The summed E-state index contributed by atoms with van der Waals surface area (Å²) in [5.41, 5.74) is 2.32. The quantitative estimate of drug-likeness (QED) is 0.676. The van der Waals surface area contributed by atoms with Gasteiger partial charge in [-0.1, -0.05) is 6.07 Å². The zero-order valence-corrected chi connectivity index (χ0v) is 7.44. The van der Waals surface area contributed by atoms with Crippen molar-refractivity contribution in [3.8, 4) is 0 Å². The van der Waals surface area contributed by atoms with Gasteiger partial charge in [-0.3, -0.25) is 0 Å². The topological polar surface area (TPSA) is 43.1 Å². The first-order valence-electron chi connectivity index (χ1n) is 3.34. The van der Waals surface area contributed by atoms with E-state index in [9.17, 15) is 4.21 Å². The van der Waals surface area contributed by atoms with E-state index in [0.29, 0.717) is 4.90 Å². The number of hydrogen-bond acceptors (Lipinski definition) is 1. The van der Waals surface area contributed by atoms with E-state index in [2.05, 4.69) is 0 Å². The molecule has 0 aliphatic heterocycles. The molecule has 1 atom stereocenters. The van der Waals surface area contributed by atoms with Crippen LogP contribution in [0.4, 0.5) is 0 Å². The Labute approximate surface area is 69.0 Å². The average molecular weight is 169 g/mol. The molecule has 60 valence electrons. The SMILES string of the molecule is Cc1ccc(S(N)=O)cc1C. The molecule has 1 unspecified atom stereocenters. The lowest BCUT2D eigenvalue weighted by atomic mass is 10.1. The van der Waals surface area contributed by atoms with E-state index in [-0.39, 0.29) is 0 Å². The van der Waals surface area contributed by atoms with Gasteiger partial charge in [0.1, 0.15) is 11.0 Å². The van der Waals surface area contributed by atoms with E-state index in [4.69, 9.17) is 5.14 Å². The van der Waals surface area contributed by atoms with Gasteiger partial charge in [0.15, 0.2) is 0 Å². The van der Waals surface area contributed by atoms with Crippen LogP contribution in [0.3, 0.4) is 0 Å². The van der Waals surface area contributed by atoms with Crippen LogP contribution in [0.2, 0.25) is 0 Å². The van der Waals surface area contributed by atoms with Gasteiger partial charge in [0, 0.05) is 0 Å². The number of rotatable bonds is 1. The maximum atomic E-state index is 10.8. The summed E-state index contributed by atoms with van der Waals surface area (Å²) in [7, 11) is -1.35. The third-order valence-corrected chi connectivity index (χ3v) is 2.43. The average Bonchev–Trinajstić information content (AvgIpc) is 1.94. The second kappa shape index (κ2) is 3.15. The minimum atomic E-state index is -1.35. The smallest absolute Gasteiger partial charge is 0.122 e. The van der Waals surface area contributed by atoms with Gasteiger partial charge in [0.25, 0.3) is 0 Å². The fourth-order valence-corrected chi connectivity index (χ4v) is 1.33. The zero-order valence-electron chi connectivity index (χ0n) is 6.63. The predicted molar refractivity (Wildman–Crippen MR) is 46.5 cm³/mol. The molecule has 0 amide bonds. The summed E-state index contributed by atoms with van der Waals surface area (Å²) in [6.07, 6.45) is 0. The second-order valence-electron chi connectivity index (χ2n) is 2.54. The largest absolute Gasteiger partial charge is 0.248 e. The molecule has 0 heterocycles. The highest BCUT2D eigenvalue weighted by molar-refractivity contribution is 7.82. The molecule has 0 spiro atoms. The second-order valence-corrected chi connectivity index (χ2v) is 3.61. The van der Waals surface area contributed by atoms with Crippen molar-refractivity contribution >= 4 is 11.0 Å². The highest BCUT2D eigenvalue weighted by Crippen LogP contribution is 2.10. The van der Waals surface area contributed by atoms with Crippen molar-refractivity contribution in [1.29, 1.82) is 0 Å². The molecule has 0 aliphatic carbocycles. The van der Waals surface area contributed by atoms with Crippen LogP contribution in [-0.4, -0.2) is 4.21 Å². The molecule has 11 heavy (non-hydrogen) atoms. The Balaban J connectivity index is 3.15. The van der Waals surface area contributed by atoms with Gasteiger partial charge in [-0.2, -0.15) is 0 Å².